The van der Waals surface area contributed by atoms with E-state index in [0.29, 0.717) is 5.69 Å². The number of nitrogens with one attached hydrogen (secondary N) is 1. The molecule has 0 aliphatic carbocycles. The normalized spacial score (nSPS) is 10.2. The Labute approximate surface area is 107 Å². The Morgan fingerprint density at radius 3 is 2.42 bits per heavy atom. The van der Waals surface area contributed by atoms with Crippen LogP contribution in [0.4, 0.5) is 20.2 Å². The second-order valence-corrected chi connectivity index (χ2v) is 3.89. The summed E-state index contributed by atoms with van der Waals surface area (Å²) in [6.07, 6.45) is 0. The van der Waals surface area contributed by atoms with Crippen LogP contribution in [0.5, 0.6) is 0 Å². The molecule has 2 rings (SSSR count). The van der Waals surface area contributed by atoms with Crippen LogP contribution in [0.15, 0.2) is 42.5 Å². The number of nitrogens with zero attached hydrogens (tertiary/aromatic N) is 1. The minimum Gasteiger partial charge on any atom is -0.381 e. The SMILES string of the molecule is O=[N+]([O-])c1ccc(NCc2cc(F)ccc2F)cc1. The molecule has 0 spiro atoms. The first-order valence-electron chi connectivity index (χ1n) is 5.48. The topological polar surface area (TPSA) is 55.2 Å². The smallest absolute Gasteiger partial charge is 0.269 e. The summed E-state index contributed by atoms with van der Waals surface area (Å²) in [5.41, 5.74) is 0.759. The highest BCUT2D eigenvalue weighted by atomic mass is 19.1. The van der Waals surface area contributed by atoms with Gasteiger partial charge in [0.2, 0.25) is 0 Å². The van der Waals surface area contributed by atoms with Gasteiger partial charge in [-0.3, -0.25) is 10.1 Å². The lowest BCUT2D eigenvalue weighted by Gasteiger charge is -2.07. The fourth-order valence-electron chi connectivity index (χ4n) is 1.58. The van der Waals surface area contributed by atoms with Gasteiger partial charge < -0.3 is 5.32 Å². The molecule has 0 heterocycles. The van der Waals surface area contributed by atoms with Crippen LogP contribution in [-0.2, 0) is 6.54 Å². The quantitative estimate of drug-likeness (QED) is 0.679. The molecule has 0 fully saturated rings. The monoisotopic (exact) mass is 264 g/mol. The van der Waals surface area contributed by atoms with Gasteiger partial charge in [-0.15, -0.1) is 0 Å². The number of rotatable bonds is 4. The number of hydrogen-bond acceptors (Lipinski definition) is 3. The van der Waals surface area contributed by atoms with Gasteiger partial charge in [-0.05, 0) is 30.3 Å². The average molecular weight is 264 g/mol. The molecule has 4 nitrogen and oxygen atoms in total. The molecular weight excluding hydrogens is 254 g/mol. The molecule has 0 bridgehead atoms. The van der Waals surface area contributed by atoms with Crippen molar-refractivity contribution in [1.82, 2.24) is 0 Å². The molecule has 1 N–H and O–H groups in total. The number of anilines is 1. The molecule has 19 heavy (non-hydrogen) atoms. The minimum atomic E-state index is -0.512. The van der Waals surface area contributed by atoms with E-state index in [1.54, 1.807) is 0 Å². The maximum Gasteiger partial charge on any atom is 0.269 e. The van der Waals surface area contributed by atoms with Crippen molar-refractivity contribution >= 4 is 11.4 Å². The van der Waals surface area contributed by atoms with Crippen LogP contribution >= 0.6 is 0 Å². The zero-order chi connectivity index (χ0) is 13.8. The number of nitro benzene ring substituents is 1. The lowest BCUT2D eigenvalue weighted by molar-refractivity contribution is -0.384. The van der Waals surface area contributed by atoms with E-state index in [9.17, 15) is 18.9 Å². The van der Waals surface area contributed by atoms with Gasteiger partial charge in [0.05, 0.1) is 4.92 Å². The largest absolute Gasteiger partial charge is 0.381 e. The van der Waals surface area contributed by atoms with E-state index in [1.807, 2.05) is 0 Å². The van der Waals surface area contributed by atoms with Crippen LogP contribution < -0.4 is 5.32 Å². The van der Waals surface area contributed by atoms with E-state index in [0.717, 1.165) is 18.2 Å². The molecule has 0 unspecified atom stereocenters. The van der Waals surface area contributed by atoms with Gasteiger partial charge in [0.25, 0.3) is 5.69 Å². The van der Waals surface area contributed by atoms with Gasteiger partial charge in [-0.1, -0.05) is 0 Å². The van der Waals surface area contributed by atoms with Crippen LogP contribution in [-0.4, -0.2) is 4.92 Å². The Kier molecular flexibility index (Phi) is 3.70. The van der Waals surface area contributed by atoms with Gasteiger partial charge in [0.1, 0.15) is 11.6 Å². The van der Waals surface area contributed by atoms with Gasteiger partial charge >= 0.3 is 0 Å². The van der Waals surface area contributed by atoms with Gasteiger partial charge in [0.15, 0.2) is 0 Å². The van der Waals surface area contributed by atoms with Crippen molar-refractivity contribution < 1.29 is 13.7 Å². The molecule has 0 amide bonds. The lowest BCUT2D eigenvalue weighted by atomic mass is 10.2. The van der Waals surface area contributed by atoms with Crippen molar-refractivity contribution in [3.05, 3.63) is 69.8 Å². The van der Waals surface area contributed by atoms with E-state index < -0.39 is 16.6 Å². The maximum absolute atomic E-state index is 13.3. The summed E-state index contributed by atoms with van der Waals surface area (Å²) in [4.78, 5) is 9.96. The van der Waals surface area contributed by atoms with Crippen LogP contribution in [0.3, 0.4) is 0 Å². The third-order valence-corrected chi connectivity index (χ3v) is 2.57. The van der Waals surface area contributed by atoms with Crippen molar-refractivity contribution in [1.29, 1.82) is 0 Å². The highest BCUT2D eigenvalue weighted by Crippen LogP contribution is 2.17. The van der Waals surface area contributed by atoms with E-state index in [4.69, 9.17) is 0 Å². The lowest BCUT2D eigenvalue weighted by Crippen LogP contribution is -2.02. The highest BCUT2D eigenvalue weighted by molar-refractivity contribution is 5.48. The average Bonchev–Trinajstić information content (AvgIpc) is 2.40. The fourth-order valence-corrected chi connectivity index (χ4v) is 1.58. The summed E-state index contributed by atoms with van der Waals surface area (Å²) in [5.74, 6) is -1.02. The Morgan fingerprint density at radius 2 is 1.79 bits per heavy atom. The van der Waals surface area contributed by atoms with Crippen molar-refractivity contribution in [2.75, 3.05) is 5.32 Å². The van der Waals surface area contributed by atoms with Crippen molar-refractivity contribution in [3.8, 4) is 0 Å². The number of hydrogen-bond donors (Lipinski definition) is 1. The van der Waals surface area contributed by atoms with Crippen LogP contribution in [0.25, 0.3) is 0 Å². The predicted octanol–water partition coefficient (Wildman–Crippen LogP) is 3.49. The molecule has 2 aromatic carbocycles. The number of non-ortho nitro benzene ring substituents is 1. The van der Waals surface area contributed by atoms with E-state index in [-0.39, 0.29) is 17.8 Å². The van der Waals surface area contributed by atoms with Crippen LogP contribution in [0.1, 0.15) is 5.56 Å². The van der Waals surface area contributed by atoms with Crippen molar-refractivity contribution in [3.63, 3.8) is 0 Å². The maximum atomic E-state index is 13.3. The highest BCUT2D eigenvalue weighted by Gasteiger charge is 2.06. The summed E-state index contributed by atoms with van der Waals surface area (Å²) in [6.45, 7) is 0.0986. The minimum absolute atomic E-state index is 0.0255. The first-order chi connectivity index (χ1) is 9.06. The number of benzene rings is 2. The van der Waals surface area contributed by atoms with Gasteiger partial charge in [-0.2, -0.15) is 0 Å². The molecule has 0 atom stereocenters. The van der Waals surface area contributed by atoms with Gasteiger partial charge in [0, 0.05) is 29.9 Å². The molecule has 0 aliphatic rings. The van der Waals surface area contributed by atoms with E-state index in [2.05, 4.69) is 5.32 Å². The van der Waals surface area contributed by atoms with Crippen LogP contribution in [0.2, 0.25) is 0 Å². The van der Waals surface area contributed by atoms with E-state index in [1.165, 1.54) is 24.3 Å². The van der Waals surface area contributed by atoms with Crippen LogP contribution in [0, 0.1) is 21.7 Å². The Bertz CT molecular complexity index is 600. The second kappa shape index (κ2) is 5.43. The molecular formula is C13H10F2N2O2. The molecule has 6 heteroatoms. The predicted molar refractivity (Wildman–Crippen MR) is 66.8 cm³/mol. The first kappa shape index (κ1) is 12.9. The summed E-state index contributed by atoms with van der Waals surface area (Å²) in [5, 5.41) is 13.3. The zero-order valence-corrected chi connectivity index (χ0v) is 9.77. The van der Waals surface area contributed by atoms with E-state index >= 15 is 0 Å². The molecule has 0 saturated carbocycles. The summed E-state index contributed by atoms with van der Waals surface area (Å²) < 4.78 is 26.3. The molecule has 98 valence electrons. The Hall–Kier alpha value is -2.50. The summed E-state index contributed by atoms with van der Waals surface area (Å²) >= 11 is 0. The third kappa shape index (κ3) is 3.25. The van der Waals surface area contributed by atoms with Crippen molar-refractivity contribution in [2.45, 2.75) is 6.54 Å². The van der Waals surface area contributed by atoms with Gasteiger partial charge in [-0.25, -0.2) is 8.78 Å². The standard InChI is InChI=1S/C13H10F2N2O2/c14-10-1-6-13(15)9(7-10)8-16-11-2-4-12(5-3-11)17(18)19/h1-7,16H,8H2. The second-order valence-electron chi connectivity index (χ2n) is 3.89. The molecule has 0 saturated heterocycles. The summed E-state index contributed by atoms with van der Waals surface area (Å²) in [6, 6.07) is 8.90. The molecule has 2 aromatic rings. The first-order valence-corrected chi connectivity index (χ1v) is 5.48. The number of halogens is 2. The van der Waals surface area contributed by atoms with Crippen molar-refractivity contribution in [2.24, 2.45) is 0 Å². The summed E-state index contributed by atoms with van der Waals surface area (Å²) in [7, 11) is 0. The Morgan fingerprint density at radius 1 is 1.11 bits per heavy atom. The zero-order valence-electron chi connectivity index (χ0n) is 9.77. The number of nitro groups is 1. The Balaban J connectivity index is 2.06. The molecule has 0 aromatic heterocycles. The fraction of sp³-hybridized carbons (Fsp3) is 0.0769. The third-order valence-electron chi connectivity index (χ3n) is 2.57. The molecule has 0 radical (unpaired) electrons. The molecule has 0 aliphatic heterocycles.